The fourth-order valence-corrected chi connectivity index (χ4v) is 2.12. The summed E-state index contributed by atoms with van der Waals surface area (Å²) in [6.07, 6.45) is -0.235. The Morgan fingerprint density at radius 2 is 2.00 bits per heavy atom. The molecule has 0 N–H and O–H groups in total. The Kier molecular flexibility index (Phi) is 2.86. The van der Waals surface area contributed by atoms with E-state index in [1.807, 2.05) is 39.8 Å². The number of nitrogens with zero attached hydrogens (tertiary/aromatic N) is 1. The van der Waals surface area contributed by atoms with Crippen LogP contribution in [0.1, 0.15) is 44.9 Å². The molecule has 0 aliphatic carbocycles. The van der Waals surface area contributed by atoms with Gasteiger partial charge in [0.1, 0.15) is 5.60 Å². The maximum absolute atomic E-state index is 12.0. The van der Waals surface area contributed by atoms with Gasteiger partial charge in [-0.3, -0.25) is 4.90 Å². The standard InChI is InChI=1S/C14H19NO2/c1-10-12-8-6-5-7-11(12)9-15(10)13(16)17-14(2,3)4/h5-8,10H,9H2,1-4H3. The van der Waals surface area contributed by atoms with Crippen molar-refractivity contribution in [3.05, 3.63) is 35.4 Å². The van der Waals surface area contributed by atoms with Crippen molar-refractivity contribution in [2.75, 3.05) is 0 Å². The lowest BCUT2D eigenvalue weighted by molar-refractivity contribution is 0.0187. The molecule has 1 atom stereocenters. The van der Waals surface area contributed by atoms with E-state index in [1.54, 1.807) is 4.90 Å². The molecular weight excluding hydrogens is 214 g/mol. The number of carbonyl (C=O) groups is 1. The lowest BCUT2D eigenvalue weighted by Crippen LogP contribution is -2.34. The number of carbonyl (C=O) groups excluding carboxylic acids is 1. The maximum atomic E-state index is 12.0. The van der Waals surface area contributed by atoms with Crippen molar-refractivity contribution in [2.45, 2.75) is 45.9 Å². The largest absolute Gasteiger partial charge is 0.444 e. The molecule has 1 aromatic carbocycles. The number of hydrogen-bond donors (Lipinski definition) is 0. The molecule has 3 nitrogen and oxygen atoms in total. The van der Waals surface area contributed by atoms with Crippen LogP contribution in [0.2, 0.25) is 0 Å². The average molecular weight is 233 g/mol. The molecule has 0 spiro atoms. The Morgan fingerprint density at radius 1 is 1.35 bits per heavy atom. The van der Waals surface area contributed by atoms with Crippen molar-refractivity contribution >= 4 is 6.09 Å². The Bertz CT molecular complexity index is 434. The van der Waals surface area contributed by atoms with Crippen LogP contribution in [0.25, 0.3) is 0 Å². The molecule has 0 aromatic heterocycles. The molecule has 92 valence electrons. The molecule has 1 aliphatic heterocycles. The average Bonchev–Trinajstić information content (AvgIpc) is 2.55. The normalized spacial score (nSPS) is 19.1. The summed E-state index contributed by atoms with van der Waals surface area (Å²) in [5.41, 5.74) is 2.00. The monoisotopic (exact) mass is 233 g/mol. The molecule has 0 radical (unpaired) electrons. The molecule has 1 aliphatic rings. The first-order chi connectivity index (χ1) is 7.88. The van der Waals surface area contributed by atoms with Crippen LogP contribution >= 0.6 is 0 Å². The maximum Gasteiger partial charge on any atom is 0.411 e. The molecule has 0 saturated heterocycles. The lowest BCUT2D eigenvalue weighted by atomic mass is 10.1. The molecule has 2 rings (SSSR count). The van der Waals surface area contributed by atoms with Gasteiger partial charge in [0.25, 0.3) is 0 Å². The first-order valence-corrected chi connectivity index (χ1v) is 5.96. The van der Waals surface area contributed by atoms with Crippen LogP contribution < -0.4 is 0 Å². The van der Waals surface area contributed by atoms with Gasteiger partial charge in [-0.25, -0.2) is 4.79 Å². The minimum Gasteiger partial charge on any atom is -0.444 e. The zero-order valence-corrected chi connectivity index (χ0v) is 10.9. The molecular formula is C14H19NO2. The third-order valence-corrected chi connectivity index (χ3v) is 2.94. The van der Waals surface area contributed by atoms with E-state index in [0.717, 1.165) is 0 Å². The Hall–Kier alpha value is -1.51. The van der Waals surface area contributed by atoms with Crippen molar-refractivity contribution in [1.29, 1.82) is 0 Å². The molecule has 0 bridgehead atoms. The van der Waals surface area contributed by atoms with Gasteiger partial charge in [0.05, 0.1) is 6.04 Å². The molecule has 1 unspecified atom stereocenters. The van der Waals surface area contributed by atoms with Crippen LogP contribution in [0.15, 0.2) is 24.3 Å². The van der Waals surface area contributed by atoms with Gasteiger partial charge in [-0.05, 0) is 38.8 Å². The summed E-state index contributed by atoms with van der Waals surface area (Å²) >= 11 is 0. The minimum atomic E-state index is -0.439. The van der Waals surface area contributed by atoms with Crippen LogP contribution in [0.5, 0.6) is 0 Å². The smallest absolute Gasteiger partial charge is 0.411 e. The Balaban J connectivity index is 2.15. The zero-order valence-electron chi connectivity index (χ0n) is 10.9. The quantitative estimate of drug-likeness (QED) is 0.686. The second-order valence-electron chi connectivity index (χ2n) is 5.48. The third-order valence-electron chi connectivity index (χ3n) is 2.94. The molecule has 3 heteroatoms. The highest BCUT2D eigenvalue weighted by Crippen LogP contribution is 2.33. The minimum absolute atomic E-state index is 0.0982. The fraction of sp³-hybridized carbons (Fsp3) is 0.500. The predicted octanol–water partition coefficient (Wildman–Crippen LogP) is 3.50. The zero-order chi connectivity index (χ0) is 12.6. The second-order valence-corrected chi connectivity index (χ2v) is 5.48. The van der Waals surface area contributed by atoms with E-state index < -0.39 is 5.60 Å². The van der Waals surface area contributed by atoms with Gasteiger partial charge in [0.2, 0.25) is 0 Å². The highest BCUT2D eigenvalue weighted by Gasteiger charge is 2.32. The molecule has 1 aromatic rings. The van der Waals surface area contributed by atoms with Crippen molar-refractivity contribution < 1.29 is 9.53 Å². The summed E-state index contributed by atoms with van der Waals surface area (Å²) in [6.45, 7) is 8.35. The van der Waals surface area contributed by atoms with Crippen LogP contribution in [0.4, 0.5) is 4.79 Å². The highest BCUT2D eigenvalue weighted by molar-refractivity contribution is 5.70. The first kappa shape index (κ1) is 12.0. The first-order valence-electron chi connectivity index (χ1n) is 5.96. The Labute approximate surface area is 102 Å². The SMILES string of the molecule is CC1c2ccccc2CN1C(=O)OC(C)(C)C. The van der Waals surface area contributed by atoms with Crippen molar-refractivity contribution in [2.24, 2.45) is 0 Å². The van der Waals surface area contributed by atoms with E-state index in [2.05, 4.69) is 12.1 Å². The van der Waals surface area contributed by atoms with Gasteiger partial charge < -0.3 is 4.74 Å². The summed E-state index contributed by atoms with van der Waals surface area (Å²) in [5, 5.41) is 0. The summed E-state index contributed by atoms with van der Waals surface area (Å²) in [7, 11) is 0. The van der Waals surface area contributed by atoms with E-state index in [4.69, 9.17) is 4.74 Å². The number of fused-ring (bicyclic) bond motifs is 1. The van der Waals surface area contributed by atoms with E-state index in [1.165, 1.54) is 11.1 Å². The lowest BCUT2D eigenvalue weighted by Gasteiger charge is -2.27. The summed E-state index contributed by atoms with van der Waals surface area (Å²) in [6, 6.07) is 8.25. The molecule has 1 amide bonds. The van der Waals surface area contributed by atoms with Crippen molar-refractivity contribution in [1.82, 2.24) is 4.90 Å². The van der Waals surface area contributed by atoms with Crippen LogP contribution in [0, 0.1) is 0 Å². The highest BCUT2D eigenvalue weighted by atomic mass is 16.6. The molecule has 0 saturated carbocycles. The number of amides is 1. The second kappa shape index (κ2) is 4.06. The number of benzene rings is 1. The van der Waals surface area contributed by atoms with Gasteiger partial charge in [0.15, 0.2) is 0 Å². The van der Waals surface area contributed by atoms with Gasteiger partial charge >= 0.3 is 6.09 Å². The van der Waals surface area contributed by atoms with Crippen LogP contribution in [-0.2, 0) is 11.3 Å². The number of ether oxygens (including phenoxy) is 1. The van der Waals surface area contributed by atoms with Gasteiger partial charge in [0, 0.05) is 6.54 Å². The number of rotatable bonds is 0. The van der Waals surface area contributed by atoms with Gasteiger partial charge in [-0.1, -0.05) is 24.3 Å². The van der Waals surface area contributed by atoms with Crippen molar-refractivity contribution in [3.63, 3.8) is 0 Å². The topological polar surface area (TPSA) is 29.5 Å². The Morgan fingerprint density at radius 3 is 2.59 bits per heavy atom. The van der Waals surface area contributed by atoms with Gasteiger partial charge in [-0.2, -0.15) is 0 Å². The van der Waals surface area contributed by atoms with Gasteiger partial charge in [-0.15, -0.1) is 0 Å². The molecule has 1 heterocycles. The van der Waals surface area contributed by atoms with E-state index in [-0.39, 0.29) is 12.1 Å². The summed E-state index contributed by atoms with van der Waals surface area (Å²) in [5.74, 6) is 0. The fourth-order valence-electron chi connectivity index (χ4n) is 2.12. The van der Waals surface area contributed by atoms with E-state index >= 15 is 0 Å². The number of hydrogen-bond acceptors (Lipinski definition) is 2. The molecule has 0 fully saturated rings. The predicted molar refractivity (Wildman–Crippen MR) is 66.6 cm³/mol. The summed E-state index contributed by atoms with van der Waals surface area (Å²) in [4.78, 5) is 13.8. The van der Waals surface area contributed by atoms with Crippen LogP contribution in [-0.4, -0.2) is 16.6 Å². The third kappa shape index (κ3) is 2.43. The summed E-state index contributed by atoms with van der Waals surface area (Å²) < 4.78 is 5.41. The van der Waals surface area contributed by atoms with E-state index in [9.17, 15) is 4.79 Å². The van der Waals surface area contributed by atoms with Crippen LogP contribution in [0.3, 0.4) is 0 Å². The van der Waals surface area contributed by atoms with Crippen molar-refractivity contribution in [3.8, 4) is 0 Å². The molecule has 17 heavy (non-hydrogen) atoms. The van der Waals surface area contributed by atoms with E-state index in [0.29, 0.717) is 6.54 Å².